The summed E-state index contributed by atoms with van der Waals surface area (Å²) in [5.74, 6) is 0.436. The highest BCUT2D eigenvalue weighted by Crippen LogP contribution is 2.34. The first kappa shape index (κ1) is 14.4. The van der Waals surface area contributed by atoms with Gasteiger partial charge in [-0.3, -0.25) is 0 Å². The average molecular weight is 306 g/mol. The van der Waals surface area contributed by atoms with Gasteiger partial charge in [0, 0.05) is 11.6 Å². The summed E-state index contributed by atoms with van der Waals surface area (Å²) in [7, 11) is 0. The van der Waals surface area contributed by atoms with E-state index in [4.69, 9.17) is 22.1 Å². The Kier molecular flexibility index (Phi) is 4.13. The van der Waals surface area contributed by atoms with Gasteiger partial charge >= 0.3 is 0 Å². The molecule has 0 saturated heterocycles. The summed E-state index contributed by atoms with van der Waals surface area (Å²) in [6.45, 7) is 0.122. The van der Waals surface area contributed by atoms with Crippen LogP contribution in [0.3, 0.4) is 0 Å². The van der Waals surface area contributed by atoms with Gasteiger partial charge in [-0.15, -0.1) is 0 Å². The number of hydrogen-bond donors (Lipinski definition) is 1. The normalized spacial score (nSPS) is 17.4. The first-order chi connectivity index (χ1) is 10.2. The van der Waals surface area contributed by atoms with Crippen LogP contribution in [0.2, 0.25) is 5.02 Å². The largest absolute Gasteiger partial charge is 0.488 e. The van der Waals surface area contributed by atoms with E-state index in [2.05, 4.69) is 0 Å². The second-order valence-corrected chi connectivity index (χ2v) is 5.72. The quantitative estimate of drug-likeness (QED) is 0.912. The van der Waals surface area contributed by atoms with E-state index in [9.17, 15) is 4.39 Å². The van der Waals surface area contributed by atoms with Gasteiger partial charge in [0.25, 0.3) is 0 Å². The minimum absolute atomic E-state index is 0.0642. The molecular formula is C17H17ClFNO. The summed E-state index contributed by atoms with van der Waals surface area (Å²) in [6.07, 6.45) is 2.99. The predicted molar refractivity (Wildman–Crippen MR) is 82.1 cm³/mol. The Morgan fingerprint density at radius 1 is 1.24 bits per heavy atom. The topological polar surface area (TPSA) is 35.2 Å². The summed E-state index contributed by atoms with van der Waals surface area (Å²) >= 11 is 6.02. The van der Waals surface area contributed by atoms with E-state index in [1.807, 2.05) is 18.2 Å². The maximum absolute atomic E-state index is 13.8. The first-order valence-corrected chi connectivity index (χ1v) is 7.47. The third kappa shape index (κ3) is 2.89. The van der Waals surface area contributed by atoms with Crippen molar-refractivity contribution in [1.29, 1.82) is 0 Å². The van der Waals surface area contributed by atoms with Crippen LogP contribution in [0.25, 0.3) is 0 Å². The first-order valence-electron chi connectivity index (χ1n) is 7.10. The molecular weight excluding hydrogens is 289 g/mol. The molecule has 0 heterocycles. The summed E-state index contributed by atoms with van der Waals surface area (Å²) in [4.78, 5) is 0. The van der Waals surface area contributed by atoms with E-state index in [0.717, 1.165) is 36.1 Å². The monoisotopic (exact) mass is 305 g/mol. The molecule has 1 aliphatic carbocycles. The molecule has 0 aliphatic heterocycles. The fourth-order valence-corrected chi connectivity index (χ4v) is 3.02. The zero-order valence-electron chi connectivity index (χ0n) is 11.6. The molecule has 2 nitrogen and oxygen atoms in total. The third-order valence-corrected chi connectivity index (χ3v) is 4.30. The van der Waals surface area contributed by atoms with Crippen molar-refractivity contribution in [2.45, 2.75) is 31.9 Å². The number of hydrogen-bond acceptors (Lipinski definition) is 2. The number of benzene rings is 2. The van der Waals surface area contributed by atoms with Crippen LogP contribution in [0.15, 0.2) is 36.4 Å². The van der Waals surface area contributed by atoms with E-state index in [0.29, 0.717) is 10.6 Å². The molecule has 1 atom stereocenters. The number of rotatable bonds is 3. The Bertz CT molecular complexity index is 639. The predicted octanol–water partition coefficient (Wildman–Crippen LogP) is 4.39. The third-order valence-electron chi connectivity index (χ3n) is 3.94. The van der Waals surface area contributed by atoms with E-state index in [-0.39, 0.29) is 18.5 Å². The van der Waals surface area contributed by atoms with Crippen molar-refractivity contribution in [1.82, 2.24) is 0 Å². The highest BCUT2D eigenvalue weighted by molar-refractivity contribution is 6.31. The van der Waals surface area contributed by atoms with Crippen molar-refractivity contribution >= 4 is 11.6 Å². The molecule has 0 spiro atoms. The Balaban J connectivity index is 1.85. The fraction of sp³-hybridized carbons (Fsp3) is 0.294. The van der Waals surface area contributed by atoms with Gasteiger partial charge in [0.1, 0.15) is 18.2 Å². The number of nitrogens with two attached hydrogens (primary N) is 1. The molecule has 110 valence electrons. The van der Waals surface area contributed by atoms with Crippen LogP contribution >= 0.6 is 11.6 Å². The zero-order chi connectivity index (χ0) is 14.8. The van der Waals surface area contributed by atoms with E-state index in [1.54, 1.807) is 12.1 Å². The van der Waals surface area contributed by atoms with Crippen molar-refractivity contribution < 1.29 is 9.13 Å². The molecule has 2 aromatic carbocycles. The SMILES string of the molecule is NC1CCCc2c(OCc3c(F)cccc3Cl)cccc21. The molecule has 0 saturated carbocycles. The number of halogens is 2. The molecule has 0 radical (unpaired) electrons. The van der Waals surface area contributed by atoms with Crippen LogP contribution in [0.4, 0.5) is 4.39 Å². The zero-order valence-corrected chi connectivity index (χ0v) is 12.4. The second-order valence-electron chi connectivity index (χ2n) is 5.31. The molecule has 2 N–H and O–H groups in total. The minimum Gasteiger partial charge on any atom is -0.488 e. The van der Waals surface area contributed by atoms with Crippen LogP contribution in [0.1, 0.15) is 35.6 Å². The Morgan fingerprint density at radius 3 is 2.86 bits per heavy atom. The van der Waals surface area contributed by atoms with Crippen LogP contribution in [0, 0.1) is 5.82 Å². The summed E-state index contributed by atoms with van der Waals surface area (Å²) in [6, 6.07) is 10.6. The van der Waals surface area contributed by atoms with E-state index in [1.165, 1.54) is 6.07 Å². The Hall–Kier alpha value is -1.58. The fourth-order valence-electron chi connectivity index (χ4n) is 2.81. The summed E-state index contributed by atoms with van der Waals surface area (Å²) in [5.41, 5.74) is 8.80. The minimum atomic E-state index is -0.344. The van der Waals surface area contributed by atoms with Gasteiger partial charge < -0.3 is 10.5 Å². The number of ether oxygens (including phenoxy) is 1. The molecule has 0 bridgehead atoms. The molecule has 2 aromatic rings. The lowest BCUT2D eigenvalue weighted by molar-refractivity contribution is 0.294. The molecule has 0 fully saturated rings. The molecule has 0 aromatic heterocycles. The summed E-state index contributed by atoms with van der Waals surface area (Å²) in [5, 5.41) is 0.386. The molecule has 1 unspecified atom stereocenters. The van der Waals surface area contributed by atoms with E-state index < -0.39 is 0 Å². The van der Waals surface area contributed by atoms with Crippen LogP contribution in [-0.2, 0) is 13.0 Å². The average Bonchev–Trinajstić information content (AvgIpc) is 2.47. The summed E-state index contributed by atoms with van der Waals surface area (Å²) < 4.78 is 19.6. The lowest BCUT2D eigenvalue weighted by Gasteiger charge is -2.24. The van der Waals surface area contributed by atoms with Crippen molar-refractivity contribution in [2.24, 2.45) is 5.73 Å². The van der Waals surface area contributed by atoms with Crippen LogP contribution in [0.5, 0.6) is 5.75 Å². The van der Waals surface area contributed by atoms with Gasteiger partial charge in [0.2, 0.25) is 0 Å². The Labute approximate surface area is 128 Å². The van der Waals surface area contributed by atoms with Gasteiger partial charge in [-0.05, 0) is 48.6 Å². The van der Waals surface area contributed by atoms with Crippen molar-refractivity contribution in [2.75, 3.05) is 0 Å². The molecule has 4 heteroatoms. The van der Waals surface area contributed by atoms with Crippen molar-refractivity contribution in [3.63, 3.8) is 0 Å². The highest BCUT2D eigenvalue weighted by Gasteiger charge is 2.20. The van der Waals surface area contributed by atoms with Gasteiger partial charge in [-0.25, -0.2) is 4.39 Å². The smallest absolute Gasteiger partial charge is 0.131 e. The van der Waals surface area contributed by atoms with Gasteiger partial charge in [0.15, 0.2) is 0 Å². The lowest BCUT2D eigenvalue weighted by atomic mass is 9.87. The standard InChI is InChI=1S/C17H17ClFNO/c18-14-6-3-7-15(19)13(14)10-21-17-9-2-4-11-12(17)5-1-8-16(11)20/h2-4,6-7,9,16H,1,5,8,10,20H2. The maximum atomic E-state index is 13.8. The van der Waals surface area contributed by atoms with Crippen molar-refractivity contribution in [3.05, 3.63) is 63.9 Å². The van der Waals surface area contributed by atoms with Crippen LogP contribution < -0.4 is 10.5 Å². The lowest BCUT2D eigenvalue weighted by Crippen LogP contribution is -2.18. The molecule has 0 amide bonds. The Morgan fingerprint density at radius 2 is 2.05 bits per heavy atom. The molecule has 3 rings (SSSR count). The second kappa shape index (κ2) is 6.04. The van der Waals surface area contributed by atoms with Gasteiger partial charge in [-0.2, -0.15) is 0 Å². The van der Waals surface area contributed by atoms with E-state index >= 15 is 0 Å². The molecule has 1 aliphatic rings. The number of fused-ring (bicyclic) bond motifs is 1. The van der Waals surface area contributed by atoms with Crippen LogP contribution in [-0.4, -0.2) is 0 Å². The van der Waals surface area contributed by atoms with Gasteiger partial charge in [-0.1, -0.05) is 29.8 Å². The molecule has 21 heavy (non-hydrogen) atoms. The van der Waals surface area contributed by atoms with Gasteiger partial charge in [0.05, 0.1) is 5.02 Å². The highest BCUT2D eigenvalue weighted by atomic mass is 35.5. The maximum Gasteiger partial charge on any atom is 0.131 e. The van der Waals surface area contributed by atoms with Crippen molar-refractivity contribution in [3.8, 4) is 5.75 Å².